The lowest BCUT2D eigenvalue weighted by atomic mass is 10.1. The lowest BCUT2D eigenvalue weighted by Crippen LogP contribution is -2.23. The van der Waals surface area contributed by atoms with Gasteiger partial charge in [-0.3, -0.25) is 4.79 Å². The van der Waals surface area contributed by atoms with Gasteiger partial charge < -0.3 is 5.32 Å². The Bertz CT molecular complexity index is 972. The second-order valence-electron chi connectivity index (χ2n) is 6.15. The molecule has 0 radical (unpaired) electrons. The number of hydrogen-bond donors (Lipinski definition) is 1. The maximum atomic E-state index is 12.9. The molecular weight excluding hydrogens is 385 g/mol. The predicted molar refractivity (Wildman–Crippen MR) is 102 cm³/mol. The minimum Gasteiger partial charge on any atom is -0.348 e. The number of aromatic nitrogens is 1. The van der Waals surface area contributed by atoms with Gasteiger partial charge in [-0.1, -0.05) is 47.7 Å². The Balaban J connectivity index is 1.75. The molecular formula is C21H17F3N2OS. The molecule has 0 aliphatic rings. The number of aryl methyl sites for hydroxylation is 1. The summed E-state index contributed by atoms with van der Waals surface area (Å²) < 4.78 is 38.7. The Morgan fingerprint density at radius 2 is 1.82 bits per heavy atom. The summed E-state index contributed by atoms with van der Waals surface area (Å²) in [6.45, 7) is 2.33. The van der Waals surface area contributed by atoms with Gasteiger partial charge in [0.05, 0.1) is 11.1 Å². The number of carbonyl (C=O) groups is 1. The number of nitrogens with zero attached hydrogens (tertiary/aromatic N) is 1. The summed E-state index contributed by atoms with van der Waals surface area (Å²) in [6.07, 6.45) is -2.92. The highest BCUT2D eigenvalue weighted by Gasteiger charge is 2.30. The largest absolute Gasteiger partial charge is 0.416 e. The fourth-order valence-electron chi connectivity index (χ4n) is 2.48. The summed E-state index contributed by atoms with van der Waals surface area (Å²) in [7, 11) is 0. The first-order chi connectivity index (χ1) is 13.3. The third-order valence-corrected chi connectivity index (χ3v) is 4.97. The van der Waals surface area contributed by atoms with Crippen LogP contribution in [0.15, 0.2) is 76.8 Å². The molecule has 28 heavy (non-hydrogen) atoms. The van der Waals surface area contributed by atoms with Crippen LogP contribution in [0.4, 0.5) is 13.2 Å². The van der Waals surface area contributed by atoms with E-state index in [-0.39, 0.29) is 5.91 Å². The van der Waals surface area contributed by atoms with Gasteiger partial charge in [0.15, 0.2) is 0 Å². The number of benzene rings is 2. The van der Waals surface area contributed by atoms with Gasteiger partial charge in [0.2, 0.25) is 0 Å². The maximum Gasteiger partial charge on any atom is 0.416 e. The molecule has 0 bridgehead atoms. The normalized spacial score (nSPS) is 11.3. The number of rotatable bonds is 5. The quantitative estimate of drug-likeness (QED) is 0.614. The van der Waals surface area contributed by atoms with Crippen LogP contribution in [0.3, 0.4) is 0 Å². The molecule has 1 amide bonds. The van der Waals surface area contributed by atoms with E-state index in [2.05, 4.69) is 10.3 Å². The maximum absolute atomic E-state index is 12.9. The summed E-state index contributed by atoms with van der Waals surface area (Å²) >= 11 is 1.02. The second kappa shape index (κ2) is 8.48. The SMILES string of the molecule is Cc1ccc(CNC(=O)c2cccnc2Sc2cccc(C(F)(F)F)c2)cc1. The van der Waals surface area contributed by atoms with Crippen molar-refractivity contribution in [3.8, 4) is 0 Å². The van der Waals surface area contributed by atoms with E-state index in [4.69, 9.17) is 0 Å². The van der Waals surface area contributed by atoms with Crippen molar-refractivity contribution in [2.75, 3.05) is 0 Å². The van der Waals surface area contributed by atoms with Crippen molar-refractivity contribution >= 4 is 17.7 Å². The Morgan fingerprint density at radius 1 is 1.07 bits per heavy atom. The monoisotopic (exact) mass is 402 g/mol. The molecule has 0 fully saturated rings. The average molecular weight is 402 g/mol. The van der Waals surface area contributed by atoms with Crippen molar-refractivity contribution in [2.45, 2.75) is 29.6 Å². The Labute approximate surface area is 165 Å². The summed E-state index contributed by atoms with van der Waals surface area (Å²) in [5.41, 5.74) is 1.66. The number of nitrogens with one attached hydrogen (secondary N) is 1. The summed E-state index contributed by atoms with van der Waals surface area (Å²) in [6, 6.07) is 16.0. The van der Waals surface area contributed by atoms with E-state index in [1.807, 2.05) is 31.2 Å². The summed E-state index contributed by atoms with van der Waals surface area (Å²) in [4.78, 5) is 17.1. The van der Waals surface area contributed by atoms with Crippen LogP contribution in [0.1, 0.15) is 27.0 Å². The first-order valence-electron chi connectivity index (χ1n) is 8.47. The van der Waals surface area contributed by atoms with Crippen LogP contribution in [0.5, 0.6) is 0 Å². The van der Waals surface area contributed by atoms with Gasteiger partial charge in [-0.25, -0.2) is 4.98 Å². The predicted octanol–water partition coefficient (Wildman–Crippen LogP) is 5.49. The molecule has 0 unspecified atom stereocenters. The average Bonchev–Trinajstić information content (AvgIpc) is 2.67. The first kappa shape index (κ1) is 19.9. The number of alkyl halides is 3. The van der Waals surface area contributed by atoms with E-state index in [9.17, 15) is 18.0 Å². The van der Waals surface area contributed by atoms with Gasteiger partial charge in [0.25, 0.3) is 5.91 Å². The Morgan fingerprint density at radius 3 is 2.54 bits per heavy atom. The zero-order valence-electron chi connectivity index (χ0n) is 15.0. The van der Waals surface area contributed by atoms with Crippen molar-refractivity contribution < 1.29 is 18.0 Å². The molecule has 144 valence electrons. The molecule has 0 aliphatic carbocycles. The molecule has 1 aromatic heterocycles. The molecule has 0 saturated heterocycles. The third kappa shape index (κ3) is 5.13. The first-order valence-corrected chi connectivity index (χ1v) is 9.28. The highest BCUT2D eigenvalue weighted by atomic mass is 32.2. The van der Waals surface area contributed by atoms with E-state index in [0.717, 1.165) is 35.0 Å². The van der Waals surface area contributed by atoms with Crippen LogP contribution in [0, 0.1) is 6.92 Å². The van der Waals surface area contributed by atoms with Crippen LogP contribution in [0.2, 0.25) is 0 Å². The van der Waals surface area contributed by atoms with Crippen molar-refractivity contribution in [2.24, 2.45) is 0 Å². The number of halogens is 3. The number of amides is 1. The number of hydrogen-bond acceptors (Lipinski definition) is 3. The van der Waals surface area contributed by atoms with E-state index < -0.39 is 11.7 Å². The third-order valence-electron chi connectivity index (χ3n) is 3.97. The van der Waals surface area contributed by atoms with Gasteiger partial charge in [-0.05, 0) is 42.8 Å². The number of carbonyl (C=O) groups excluding carboxylic acids is 1. The summed E-state index contributed by atoms with van der Waals surface area (Å²) in [5, 5.41) is 3.17. The molecule has 0 atom stereocenters. The topological polar surface area (TPSA) is 42.0 Å². The minimum absolute atomic E-state index is 0.317. The molecule has 0 spiro atoms. The minimum atomic E-state index is -4.42. The molecule has 0 saturated carbocycles. The lowest BCUT2D eigenvalue weighted by Gasteiger charge is -2.11. The van der Waals surface area contributed by atoms with Crippen molar-refractivity contribution in [3.63, 3.8) is 0 Å². The fraction of sp³-hybridized carbons (Fsp3) is 0.143. The molecule has 1 heterocycles. The zero-order chi connectivity index (χ0) is 20.1. The Hall–Kier alpha value is -2.80. The van der Waals surface area contributed by atoms with Crippen molar-refractivity contribution in [1.29, 1.82) is 0 Å². The van der Waals surface area contributed by atoms with E-state index in [1.54, 1.807) is 18.2 Å². The van der Waals surface area contributed by atoms with E-state index in [0.29, 0.717) is 22.0 Å². The standard InChI is InChI=1S/C21H17F3N2OS/c1-14-7-9-15(10-8-14)13-26-19(27)18-6-3-11-25-20(18)28-17-5-2-4-16(12-17)21(22,23)24/h2-12H,13H2,1H3,(H,26,27). The molecule has 3 rings (SSSR count). The molecule has 1 N–H and O–H groups in total. The molecule has 7 heteroatoms. The summed E-state index contributed by atoms with van der Waals surface area (Å²) in [5.74, 6) is -0.330. The smallest absolute Gasteiger partial charge is 0.348 e. The Kier molecular flexibility index (Phi) is 6.04. The van der Waals surface area contributed by atoms with E-state index in [1.165, 1.54) is 12.3 Å². The molecule has 3 nitrogen and oxygen atoms in total. The fourth-order valence-corrected chi connectivity index (χ4v) is 3.42. The number of pyridine rings is 1. The molecule has 0 aliphatic heterocycles. The highest BCUT2D eigenvalue weighted by Crippen LogP contribution is 2.34. The van der Waals surface area contributed by atoms with Gasteiger partial charge >= 0.3 is 6.18 Å². The zero-order valence-corrected chi connectivity index (χ0v) is 15.8. The van der Waals surface area contributed by atoms with E-state index >= 15 is 0 Å². The van der Waals surface area contributed by atoms with Gasteiger partial charge in [-0.2, -0.15) is 13.2 Å². The molecule has 3 aromatic rings. The van der Waals surface area contributed by atoms with Crippen molar-refractivity contribution in [1.82, 2.24) is 10.3 Å². The van der Waals surface area contributed by atoms with Gasteiger partial charge in [0, 0.05) is 17.6 Å². The van der Waals surface area contributed by atoms with Crippen molar-refractivity contribution in [3.05, 3.63) is 89.1 Å². The van der Waals surface area contributed by atoms with Crippen LogP contribution < -0.4 is 5.32 Å². The lowest BCUT2D eigenvalue weighted by molar-refractivity contribution is -0.137. The second-order valence-corrected chi connectivity index (χ2v) is 7.21. The highest BCUT2D eigenvalue weighted by molar-refractivity contribution is 7.99. The van der Waals surface area contributed by atoms with Crippen LogP contribution in [-0.2, 0) is 12.7 Å². The van der Waals surface area contributed by atoms with Crippen LogP contribution in [0.25, 0.3) is 0 Å². The van der Waals surface area contributed by atoms with Crippen LogP contribution in [-0.4, -0.2) is 10.9 Å². The van der Waals surface area contributed by atoms with Crippen LogP contribution >= 0.6 is 11.8 Å². The van der Waals surface area contributed by atoms with Gasteiger partial charge in [0.1, 0.15) is 5.03 Å². The molecule has 2 aromatic carbocycles. The van der Waals surface area contributed by atoms with Gasteiger partial charge in [-0.15, -0.1) is 0 Å².